The third-order valence-electron chi connectivity index (χ3n) is 6.54. The molecule has 5 nitrogen and oxygen atoms in total. The Balaban J connectivity index is 0.00000145. The first-order chi connectivity index (χ1) is 13.7. The van der Waals surface area contributed by atoms with Crippen molar-refractivity contribution in [1.29, 1.82) is 0 Å². The van der Waals surface area contributed by atoms with E-state index in [4.69, 9.17) is 0 Å². The standard InChI is InChI=1S/C22H32N2O2S.CH5N/c1-6-7-18(14(2)3)27-24-21(4,5)20(26)23-19-16-8-15-9-17(19)12-22(10-15,11-16)13-25;1-2/h6-7,13,15-17,19,24H,1-2,8-12H2,3-5H3,(H,23,26);2H2,1H3/b18-7+;. The summed E-state index contributed by atoms with van der Waals surface area (Å²) in [6.45, 7) is 13.5. The minimum absolute atomic E-state index is 0.0206. The number of carbonyl (C=O) groups is 2. The smallest absolute Gasteiger partial charge is 0.240 e. The third kappa shape index (κ3) is 5.22. The molecule has 0 aromatic heterocycles. The summed E-state index contributed by atoms with van der Waals surface area (Å²) in [5.41, 5.74) is 4.62. The van der Waals surface area contributed by atoms with E-state index in [0.29, 0.717) is 17.8 Å². The Kier molecular flexibility index (Phi) is 7.93. The zero-order chi connectivity index (χ0) is 21.8. The summed E-state index contributed by atoms with van der Waals surface area (Å²) in [6, 6.07) is 0.206. The Morgan fingerprint density at radius 3 is 2.28 bits per heavy atom. The van der Waals surface area contributed by atoms with Crippen molar-refractivity contribution in [3.05, 3.63) is 35.8 Å². The van der Waals surface area contributed by atoms with Gasteiger partial charge >= 0.3 is 0 Å². The molecular formula is C23H37N3O2S. The van der Waals surface area contributed by atoms with E-state index in [-0.39, 0.29) is 17.4 Å². The summed E-state index contributed by atoms with van der Waals surface area (Å²) in [7, 11) is 1.50. The molecule has 6 heteroatoms. The van der Waals surface area contributed by atoms with Crippen molar-refractivity contribution in [2.24, 2.45) is 28.9 Å². The molecule has 4 saturated carbocycles. The zero-order valence-corrected chi connectivity index (χ0v) is 19.1. The highest BCUT2D eigenvalue weighted by Gasteiger charge is 2.56. The van der Waals surface area contributed by atoms with Gasteiger partial charge in [0.1, 0.15) is 11.8 Å². The van der Waals surface area contributed by atoms with Crippen LogP contribution in [0.15, 0.2) is 35.8 Å². The van der Waals surface area contributed by atoms with Crippen LogP contribution in [0.5, 0.6) is 0 Å². The number of nitrogens with one attached hydrogen (secondary N) is 2. The first kappa shape index (κ1) is 23.9. The van der Waals surface area contributed by atoms with Gasteiger partial charge in [-0.2, -0.15) is 0 Å². The summed E-state index contributed by atoms with van der Waals surface area (Å²) >= 11 is 1.42. The number of carbonyl (C=O) groups excluding carboxylic acids is 2. The fourth-order valence-electron chi connectivity index (χ4n) is 5.40. The monoisotopic (exact) mass is 419 g/mol. The maximum Gasteiger partial charge on any atom is 0.240 e. The number of hydrogen-bond donors (Lipinski definition) is 3. The van der Waals surface area contributed by atoms with E-state index in [1.165, 1.54) is 25.3 Å². The van der Waals surface area contributed by atoms with Crippen molar-refractivity contribution in [2.45, 2.75) is 64.5 Å². The van der Waals surface area contributed by atoms with E-state index in [1.54, 1.807) is 6.08 Å². The Hall–Kier alpha value is -1.37. The SMILES string of the molecule is C=C/C=C(/SNC(C)(C)C(=O)NC1C2CC3CC1CC(C=O)(C3)C2)C(=C)C.CN. The number of hydrogen-bond acceptors (Lipinski definition) is 5. The van der Waals surface area contributed by atoms with Crippen molar-refractivity contribution >= 4 is 24.1 Å². The van der Waals surface area contributed by atoms with Gasteiger partial charge in [-0.3, -0.25) is 4.79 Å². The molecule has 4 aliphatic carbocycles. The van der Waals surface area contributed by atoms with Crippen LogP contribution in [0.4, 0.5) is 0 Å². The highest BCUT2D eigenvalue weighted by Crippen LogP contribution is 2.59. The summed E-state index contributed by atoms with van der Waals surface area (Å²) in [4.78, 5) is 25.7. The van der Waals surface area contributed by atoms with Gasteiger partial charge in [0, 0.05) is 16.4 Å². The van der Waals surface area contributed by atoms with Crippen LogP contribution in [0.1, 0.15) is 52.9 Å². The lowest BCUT2D eigenvalue weighted by Crippen LogP contribution is -2.62. The summed E-state index contributed by atoms with van der Waals surface area (Å²) in [5, 5.41) is 3.34. The second-order valence-electron chi connectivity index (χ2n) is 9.33. The van der Waals surface area contributed by atoms with Gasteiger partial charge in [-0.25, -0.2) is 4.72 Å². The lowest BCUT2D eigenvalue weighted by atomic mass is 9.48. The Labute approximate surface area is 180 Å². The van der Waals surface area contributed by atoms with Gasteiger partial charge in [0.05, 0.1) is 0 Å². The number of allylic oxidation sites excluding steroid dienone is 3. The van der Waals surface area contributed by atoms with Gasteiger partial charge in [0.2, 0.25) is 5.91 Å². The quantitative estimate of drug-likeness (QED) is 0.317. The minimum Gasteiger partial charge on any atom is -0.351 e. The van der Waals surface area contributed by atoms with E-state index >= 15 is 0 Å². The largest absolute Gasteiger partial charge is 0.351 e. The van der Waals surface area contributed by atoms with Gasteiger partial charge in [-0.05, 0) is 101 Å². The fraction of sp³-hybridized carbons (Fsp3) is 0.652. The highest BCUT2D eigenvalue weighted by molar-refractivity contribution is 8.01. The lowest BCUT2D eigenvalue weighted by molar-refractivity contribution is -0.139. The topological polar surface area (TPSA) is 84.2 Å². The second-order valence-corrected chi connectivity index (χ2v) is 10.2. The van der Waals surface area contributed by atoms with Crippen molar-refractivity contribution in [3.8, 4) is 0 Å². The van der Waals surface area contributed by atoms with E-state index in [0.717, 1.165) is 42.6 Å². The molecule has 4 rings (SSSR count). The van der Waals surface area contributed by atoms with Gasteiger partial charge in [-0.15, -0.1) is 0 Å². The molecule has 4 bridgehead atoms. The number of aldehydes is 1. The maximum absolute atomic E-state index is 13.0. The summed E-state index contributed by atoms with van der Waals surface area (Å²) in [5.74, 6) is 1.58. The van der Waals surface area contributed by atoms with Crippen LogP contribution in [0, 0.1) is 23.2 Å². The molecule has 0 heterocycles. The Morgan fingerprint density at radius 1 is 1.21 bits per heavy atom. The van der Waals surface area contributed by atoms with Crippen molar-refractivity contribution in [2.75, 3.05) is 7.05 Å². The van der Waals surface area contributed by atoms with Crippen LogP contribution in [0.25, 0.3) is 0 Å². The van der Waals surface area contributed by atoms with Crippen molar-refractivity contribution in [3.63, 3.8) is 0 Å². The number of nitrogens with two attached hydrogens (primary N) is 1. The molecule has 0 spiro atoms. The molecule has 29 heavy (non-hydrogen) atoms. The van der Waals surface area contributed by atoms with Crippen LogP contribution in [-0.2, 0) is 9.59 Å². The molecule has 0 saturated heterocycles. The van der Waals surface area contributed by atoms with Crippen LogP contribution < -0.4 is 15.8 Å². The fourth-order valence-corrected chi connectivity index (χ4v) is 6.19. The van der Waals surface area contributed by atoms with E-state index < -0.39 is 5.54 Å². The summed E-state index contributed by atoms with van der Waals surface area (Å²) < 4.78 is 3.29. The van der Waals surface area contributed by atoms with E-state index in [1.807, 2.05) is 26.8 Å². The molecule has 4 fully saturated rings. The predicted molar refractivity (Wildman–Crippen MR) is 122 cm³/mol. The third-order valence-corrected chi connectivity index (χ3v) is 7.86. The first-order valence-corrected chi connectivity index (χ1v) is 11.3. The van der Waals surface area contributed by atoms with Gasteiger partial charge in [-0.1, -0.05) is 19.2 Å². The molecule has 4 N–H and O–H groups in total. The van der Waals surface area contributed by atoms with Crippen molar-refractivity contribution in [1.82, 2.24) is 10.0 Å². The predicted octanol–water partition coefficient (Wildman–Crippen LogP) is 3.73. The first-order valence-electron chi connectivity index (χ1n) is 10.5. The van der Waals surface area contributed by atoms with Crippen LogP contribution in [0.3, 0.4) is 0 Å². The maximum atomic E-state index is 13.0. The van der Waals surface area contributed by atoms with Gasteiger partial charge in [0.15, 0.2) is 0 Å². The summed E-state index contributed by atoms with van der Waals surface area (Å²) in [6.07, 6.45) is 10.1. The molecule has 1 amide bonds. The van der Waals surface area contributed by atoms with Crippen LogP contribution in [-0.4, -0.2) is 30.8 Å². The van der Waals surface area contributed by atoms with Crippen LogP contribution >= 0.6 is 11.9 Å². The average molecular weight is 420 g/mol. The van der Waals surface area contributed by atoms with Gasteiger partial charge in [0.25, 0.3) is 0 Å². The van der Waals surface area contributed by atoms with Crippen molar-refractivity contribution < 1.29 is 9.59 Å². The number of rotatable bonds is 8. The van der Waals surface area contributed by atoms with Crippen LogP contribution in [0.2, 0.25) is 0 Å². The Bertz CT molecular complexity index is 670. The zero-order valence-electron chi connectivity index (χ0n) is 18.3. The highest BCUT2D eigenvalue weighted by atomic mass is 32.2. The average Bonchev–Trinajstić information content (AvgIpc) is 2.68. The molecule has 0 aromatic rings. The molecular weight excluding hydrogens is 382 g/mol. The van der Waals surface area contributed by atoms with E-state index in [9.17, 15) is 9.59 Å². The Morgan fingerprint density at radius 2 is 1.79 bits per heavy atom. The molecule has 0 aromatic carbocycles. The molecule has 2 atom stereocenters. The van der Waals surface area contributed by atoms with Gasteiger partial charge < -0.3 is 15.8 Å². The molecule has 2 unspecified atom stereocenters. The van der Waals surface area contributed by atoms with E-state index in [2.05, 4.69) is 28.9 Å². The molecule has 0 aliphatic heterocycles. The second kappa shape index (κ2) is 9.63. The normalized spacial score (nSPS) is 32.8. The lowest BCUT2D eigenvalue weighted by Gasteiger charge is -2.58. The minimum atomic E-state index is -0.711. The molecule has 4 aliphatic rings. The molecule has 162 valence electrons. The molecule has 0 radical (unpaired) electrons. The number of amides is 1.